The molecule has 5 rings (SSSR count). The van der Waals surface area contributed by atoms with E-state index in [4.69, 9.17) is 29.2 Å². The summed E-state index contributed by atoms with van der Waals surface area (Å²) in [6.07, 6.45) is 0. The predicted octanol–water partition coefficient (Wildman–Crippen LogP) is -0.0282. The van der Waals surface area contributed by atoms with E-state index in [1.54, 1.807) is 31.4 Å². The molecule has 208 valence electrons. The average molecular weight is 549 g/mol. The molecule has 0 amide bonds. The third kappa shape index (κ3) is 6.43. The Bertz CT molecular complexity index is 1150. The Balaban J connectivity index is 1.26. The lowest BCUT2D eigenvalue weighted by atomic mass is 10.3. The predicted molar refractivity (Wildman–Crippen MR) is 143 cm³/mol. The fraction of sp³-hybridized carbons (Fsp3) is 0.625. The Morgan fingerprint density at radius 2 is 1.39 bits per heavy atom. The first-order chi connectivity index (χ1) is 18.5. The molecule has 0 saturated carbocycles. The maximum Gasteiger partial charge on any atom is 0.243 e. The standard InChI is InChI=1S/C24H36N8O5S/c1-35-20-2-4-21(5-3-20)38(33,34)32-10-8-30(9-11-32)23-26-22(25-6-7-29-12-16-36-17-13-29)27-24(28-23)31-14-18-37-19-15-31/h2-5H,6-19H2,1H3,(H,25,26,27,28). The number of nitrogens with zero attached hydrogens (tertiary/aromatic N) is 7. The van der Waals surface area contributed by atoms with E-state index in [9.17, 15) is 8.42 Å². The molecule has 0 radical (unpaired) electrons. The summed E-state index contributed by atoms with van der Waals surface area (Å²) < 4.78 is 43.9. The van der Waals surface area contributed by atoms with E-state index >= 15 is 0 Å². The minimum atomic E-state index is -3.60. The second-order valence-electron chi connectivity index (χ2n) is 9.31. The monoisotopic (exact) mass is 548 g/mol. The summed E-state index contributed by atoms with van der Waals surface area (Å²) in [6.45, 7) is 9.28. The zero-order valence-corrected chi connectivity index (χ0v) is 22.6. The Morgan fingerprint density at radius 1 is 0.816 bits per heavy atom. The van der Waals surface area contributed by atoms with Crippen molar-refractivity contribution in [1.82, 2.24) is 24.2 Å². The van der Waals surface area contributed by atoms with Gasteiger partial charge in [-0.2, -0.15) is 19.3 Å². The van der Waals surface area contributed by atoms with Crippen LogP contribution in [-0.4, -0.2) is 132 Å². The summed E-state index contributed by atoms with van der Waals surface area (Å²) in [7, 11) is -2.04. The summed E-state index contributed by atoms with van der Waals surface area (Å²) in [6, 6.07) is 6.48. The highest BCUT2D eigenvalue weighted by Crippen LogP contribution is 2.23. The van der Waals surface area contributed by atoms with Gasteiger partial charge in [-0.05, 0) is 24.3 Å². The number of piperazine rings is 1. The van der Waals surface area contributed by atoms with E-state index in [-0.39, 0.29) is 4.90 Å². The van der Waals surface area contributed by atoms with Crippen molar-refractivity contribution in [3.05, 3.63) is 24.3 Å². The zero-order valence-electron chi connectivity index (χ0n) is 21.8. The SMILES string of the molecule is COc1ccc(S(=O)(=O)N2CCN(c3nc(NCCN4CCOCC4)nc(N4CCOCC4)n3)CC2)cc1. The number of benzene rings is 1. The van der Waals surface area contributed by atoms with Gasteiger partial charge in [-0.1, -0.05) is 0 Å². The van der Waals surface area contributed by atoms with Crippen LogP contribution in [0.2, 0.25) is 0 Å². The number of anilines is 3. The molecule has 2 aromatic rings. The van der Waals surface area contributed by atoms with Gasteiger partial charge < -0.3 is 29.3 Å². The van der Waals surface area contributed by atoms with Gasteiger partial charge in [0, 0.05) is 65.4 Å². The molecule has 1 aromatic heterocycles. The van der Waals surface area contributed by atoms with E-state index in [0.717, 1.165) is 32.8 Å². The van der Waals surface area contributed by atoms with Crippen molar-refractivity contribution in [3.8, 4) is 5.75 Å². The molecule has 3 aliphatic rings. The molecule has 1 N–H and O–H groups in total. The van der Waals surface area contributed by atoms with Crippen LogP contribution in [0.3, 0.4) is 0 Å². The first kappa shape index (κ1) is 26.8. The second-order valence-corrected chi connectivity index (χ2v) is 11.2. The summed E-state index contributed by atoms with van der Waals surface area (Å²) >= 11 is 0. The lowest BCUT2D eigenvalue weighted by Crippen LogP contribution is -2.49. The van der Waals surface area contributed by atoms with Crippen molar-refractivity contribution < 1.29 is 22.6 Å². The van der Waals surface area contributed by atoms with Crippen LogP contribution in [0.4, 0.5) is 17.8 Å². The maximum absolute atomic E-state index is 13.2. The largest absolute Gasteiger partial charge is 0.497 e. The fourth-order valence-corrected chi connectivity index (χ4v) is 6.08. The first-order valence-electron chi connectivity index (χ1n) is 13.0. The normalized spacial score (nSPS) is 19.9. The Labute approximate surface area is 223 Å². The van der Waals surface area contributed by atoms with Crippen LogP contribution >= 0.6 is 0 Å². The lowest BCUT2D eigenvalue weighted by Gasteiger charge is -2.34. The van der Waals surface area contributed by atoms with Gasteiger partial charge in [-0.3, -0.25) is 4.90 Å². The summed E-state index contributed by atoms with van der Waals surface area (Å²) in [4.78, 5) is 20.9. The number of sulfonamides is 1. The van der Waals surface area contributed by atoms with Crippen molar-refractivity contribution in [2.24, 2.45) is 0 Å². The molecule has 4 heterocycles. The highest BCUT2D eigenvalue weighted by atomic mass is 32.2. The van der Waals surface area contributed by atoms with Crippen molar-refractivity contribution in [2.45, 2.75) is 4.90 Å². The summed E-state index contributed by atoms with van der Waals surface area (Å²) in [5.41, 5.74) is 0. The third-order valence-corrected chi connectivity index (χ3v) is 8.85. The quantitative estimate of drug-likeness (QED) is 0.452. The van der Waals surface area contributed by atoms with Gasteiger partial charge in [0.1, 0.15) is 5.75 Å². The molecule has 0 spiro atoms. The van der Waals surface area contributed by atoms with Crippen molar-refractivity contribution >= 4 is 27.9 Å². The third-order valence-electron chi connectivity index (χ3n) is 6.94. The summed E-state index contributed by atoms with van der Waals surface area (Å²) in [5, 5.41) is 3.37. The highest BCUT2D eigenvalue weighted by molar-refractivity contribution is 7.89. The van der Waals surface area contributed by atoms with E-state index < -0.39 is 10.0 Å². The molecule has 1 aromatic carbocycles. The maximum atomic E-state index is 13.2. The number of methoxy groups -OCH3 is 1. The molecular weight excluding hydrogens is 512 g/mol. The van der Waals surface area contributed by atoms with Crippen molar-refractivity contribution in [2.75, 3.05) is 114 Å². The fourth-order valence-electron chi connectivity index (χ4n) is 4.65. The van der Waals surface area contributed by atoms with Crippen LogP contribution in [0, 0.1) is 0 Å². The number of hydrogen-bond acceptors (Lipinski definition) is 12. The molecule has 0 unspecified atom stereocenters. The van der Waals surface area contributed by atoms with E-state index in [1.807, 2.05) is 4.90 Å². The van der Waals surface area contributed by atoms with Crippen molar-refractivity contribution in [1.29, 1.82) is 0 Å². The smallest absolute Gasteiger partial charge is 0.243 e. The minimum Gasteiger partial charge on any atom is -0.497 e. The molecule has 0 aliphatic carbocycles. The molecule has 14 heteroatoms. The molecule has 3 saturated heterocycles. The number of ether oxygens (including phenoxy) is 3. The molecule has 0 atom stereocenters. The molecule has 3 aliphatic heterocycles. The second kappa shape index (κ2) is 12.4. The molecule has 3 fully saturated rings. The lowest BCUT2D eigenvalue weighted by molar-refractivity contribution is 0.0398. The van der Waals surface area contributed by atoms with Crippen molar-refractivity contribution in [3.63, 3.8) is 0 Å². The van der Waals surface area contributed by atoms with Gasteiger partial charge in [0.25, 0.3) is 0 Å². The Kier molecular flexibility index (Phi) is 8.74. The number of morpholine rings is 2. The topological polar surface area (TPSA) is 125 Å². The first-order valence-corrected chi connectivity index (χ1v) is 14.5. The van der Waals surface area contributed by atoms with E-state index in [0.29, 0.717) is 82.6 Å². The molecular formula is C24H36N8O5S. The van der Waals surface area contributed by atoms with Crippen LogP contribution in [0.5, 0.6) is 5.75 Å². The van der Waals surface area contributed by atoms with Gasteiger partial charge in [0.2, 0.25) is 27.9 Å². The zero-order chi connectivity index (χ0) is 26.4. The van der Waals surface area contributed by atoms with E-state index in [2.05, 4.69) is 15.1 Å². The van der Waals surface area contributed by atoms with Gasteiger partial charge in [-0.15, -0.1) is 0 Å². The van der Waals surface area contributed by atoms with Crippen LogP contribution in [0.25, 0.3) is 0 Å². The average Bonchev–Trinajstić information content (AvgIpc) is 2.98. The van der Waals surface area contributed by atoms with Gasteiger partial charge in [0.15, 0.2) is 0 Å². The van der Waals surface area contributed by atoms with Gasteiger partial charge in [0.05, 0.1) is 38.4 Å². The van der Waals surface area contributed by atoms with Crippen LogP contribution in [0.1, 0.15) is 0 Å². The molecule has 13 nitrogen and oxygen atoms in total. The van der Waals surface area contributed by atoms with Crippen LogP contribution in [-0.2, 0) is 19.5 Å². The number of nitrogens with one attached hydrogen (secondary N) is 1. The highest BCUT2D eigenvalue weighted by Gasteiger charge is 2.30. The number of hydrogen-bond donors (Lipinski definition) is 1. The summed E-state index contributed by atoms with van der Waals surface area (Å²) in [5.74, 6) is 2.31. The van der Waals surface area contributed by atoms with E-state index in [1.165, 1.54) is 4.31 Å². The van der Waals surface area contributed by atoms with Gasteiger partial charge in [-0.25, -0.2) is 8.42 Å². The Hall–Kier alpha value is -2.78. The molecule has 0 bridgehead atoms. The number of aromatic nitrogens is 3. The Morgan fingerprint density at radius 3 is 2.00 bits per heavy atom. The number of rotatable bonds is 9. The van der Waals surface area contributed by atoms with Crippen LogP contribution < -0.4 is 19.9 Å². The minimum absolute atomic E-state index is 0.258. The van der Waals surface area contributed by atoms with Crippen LogP contribution in [0.15, 0.2) is 29.2 Å². The van der Waals surface area contributed by atoms with Gasteiger partial charge >= 0.3 is 0 Å². The molecule has 38 heavy (non-hydrogen) atoms.